The fourth-order valence-electron chi connectivity index (χ4n) is 2.52. The van der Waals surface area contributed by atoms with Gasteiger partial charge in [0.2, 0.25) is 6.79 Å². The van der Waals surface area contributed by atoms with Gasteiger partial charge in [-0.15, -0.1) is 0 Å². The van der Waals surface area contributed by atoms with Crippen molar-refractivity contribution in [2.45, 2.75) is 12.5 Å². The fourth-order valence-corrected chi connectivity index (χ4v) is 2.52. The molecule has 2 amide bonds. The van der Waals surface area contributed by atoms with Crippen LogP contribution in [0.5, 0.6) is 17.2 Å². The Labute approximate surface area is 151 Å². The van der Waals surface area contributed by atoms with Crippen LogP contribution in [0.4, 0.5) is 4.79 Å². The third kappa shape index (κ3) is 5.03. The van der Waals surface area contributed by atoms with E-state index in [4.69, 9.17) is 14.2 Å². The number of carbonyl (C=O) groups excluding carboxylic acids is 1. The Bertz CT molecular complexity index is 723. The third-order valence-corrected chi connectivity index (χ3v) is 3.88. The average molecular weight is 358 g/mol. The first kappa shape index (κ1) is 17.9. The number of benzene rings is 2. The number of aliphatic hydroxyl groups is 1. The van der Waals surface area contributed by atoms with Crippen LogP contribution in [0.15, 0.2) is 48.5 Å². The molecule has 0 spiro atoms. The van der Waals surface area contributed by atoms with Crippen LogP contribution >= 0.6 is 0 Å². The van der Waals surface area contributed by atoms with Gasteiger partial charge in [0.25, 0.3) is 0 Å². The van der Waals surface area contributed by atoms with E-state index in [0.717, 1.165) is 11.3 Å². The molecule has 0 aliphatic carbocycles. The number of aliphatic hydroxyl groups excluding tert-OH is 1. The normalized spacial score (nSPS) is 13.1. The highest BCUT2D eigenvalue weighted by atomic mass is 16.7. The van der Waals surface area contributed by atoms with Crippen LogP contribution in [0.3, 0.4) is 0 Å². The topological polar surface area (TPSA) is 89.1 Å². The Hall–Kier alpha value is -2.93. The van der Waals surface area contributed by atoms with Gasteiger partial charge in [-0.05, 0) is 36.2 Å². The monoisotopic (exact) mass is 358 g/mol. The molecule has 7 heteroatoms. The van der Waals surface area contributed by atoms with Gasteiger partial charge < -0.3 is 30.0 Å². The van der Waals surface area contributed by atoms with E-state index < -0.39 is 6.10 Å². The van der Waals surface area contributed by atoms with Gasteiger partial charge in [-0.25, -0.2) is 4.79 Å². The highest BCUT2D eigenvalue weighted by molar-refractivity contribution is 5.73. The predicted molar refractivity (Wildman–Crippen MR) is 95.5 cm³/mol. The van der Waals surface area contributed by atoms with Crippen LogP contribution in [0.25, 0.3) is 0 Å². The van der Waals surface area contributed by atoms with Gasteiger partial charge in [0.15, 0.2) is 11.5 Å². The molecule has 1 unspecified atom stereocenters. The lowest BCUT2D eigenvalue weighted by atomic mass is 10.1. The Kier molecular flexibility index (Phi) is 6.16. The number of hydrogen-bond donors (Lipinski definition) is 3. The minimum atomic E-state index is -0.689. The lowest BCUT2D eigenvalue weighted by Gasteiger charge is -2.13. The highest BCUT2D eigenvalue weighted by Gasteiger charge is 2.16. The summed E-state index contributed by atoms with van der Waals surface area (Å²) in [4.78, 5) is 11.7. The second-order valence-corrected chi connectivity index (χ2v) is 5.76. The van der Waals surface area contributed by atoms with E-state index >= 15 is 0 Å². The predicted octanol–water partition coefficient (Wildman–Crippen LogP) is 2.22. The summed E-state index contributed by atoms with van der Waals surface area (Å²) in [5, 5.41) is 15.6. The number of nitrogens with one attached hydrogen (secondary N) is 2. The van der Waals surface area contributed by atoms with Gasteiger partial charge in [0.05, 0.1) is 12.6 Å². The zero-order valence-corrected chi connectivity index (χ0v) is 14.3. The van der Waals surface area contributed by atoms with E-state index in [-0.39, 0.29) is 12.8 Å². The maximum absolute atomic E-state index is 11.7. The molecule has 0 aromatic heterocycles. The van der Waals surface area contributed by atoms with Crippen molar-refractivity contribution in [2.75, 3.05) is 26.5 Å². The first-order chi connectivity index (χ1) is 12.7. The number of rotatable bonds is 8. The summed E-state index contributed by atoms with van der Waals surface area (Å²) in [6, 6.07) is 14.4. The standard InChI is InChI=1S/C19H22N2O5/c22-16(14-6-7-17-18(12-14)26-13-25-17)8-9-20-19(23)21-10-11-24-15-4-2-1-3-5-15/h1-7,12,16,22H,8-11,13H2,(H2,20,21,23). The van der Waals surface area contributed by atoms with Crippen LogP contribution in [-0.2, 0) is 0 Å². The Morgan fingerprint density at radius 1 is 1.08 bits per heavy atom. The van der Waals surface area contributed by atoms with Crippen molar-refractivity contribution < 1.29 is 24.1 Å². The quantitative estimate of drug-likeness (QED) is 0.630. The number of para-hydroxylation sites is 1. The SMILES string of the molecule is O=C(NCCOc1ccccc1)NCCC(O)c1ccc2c(c1)OCO2. The summed E-state index contributed by atoms with van der Waals surface area (Å²) in [6.07, 6.45) is -0.292. The van der Waals surface area contributed by atoms with Crippen molar-refractivity contribution in [1.29, 1.82) is 0 Å². The van der Waals surface area contributed by atoms with E-state index in [0.29, 0.717) is 37.6 Å². The van der Waals surface area contributed by atoms with Crippen molar-refractivity contribution in [3.05, 3.63) is 54.1 Å². The van der Waals surface area contributed by atoms with E-state index in [1.165, 1.54) is 0 Å². The number of urea groups is 1. The van der Waals surface area contributed by atoms with Gasteiger partial charge in [0.1, 0.15) is 12.4 Å². The van der Waals surface area contributed by atoms with Crippen LogP contribution in [0.2, 0.25) is 0 Å². The van der Waals surface area contributed by atoms with Crippen LogP contribution < -0.4 is 24.8 Å². The molecule has 1 aliphatic rings. The molecule has 1 atom stereocenters. The molecule has 26 heavy (non-hydrogen) atoms. The molecule has 138 valence electrons. The fraction of sp³-hybridized carbons (Fsp3) is 0.316. The van der Waals surface area contributed by atoms with E-state index in [1.54, 1.807) is 18.2 Å². The van der Waals surface area contributed by atoms with Crippen LogP contribution in [0.1, 0.15) is 18.1 Å². The minimum Gasteiger partial charge on any atom is -0.492 e. The van der Waals surface area contributed by atoms with Gasteiger partial charge in [-0.2, -0.15) is 0 Å². The number of ether oxygens (including phenoxy) is 3. The van der Waals surface area contributed by atoms with Gasteiger partial charge in [-0.3, -0.25) is 0 Å². The minimum absolute atomic E-state index is 0.199. The van der Waals surface area contributed by atoms with E-state index in [2.05, 4.69) is 10.6 Å². The van der Waals surface area contributed by atoms with Crippen molar-refractivity contribution >= 4 is 6.03 Å². The number of fused-ring (bicyclic) bond motifs is 1. The van der Waals surface area contributed by atoms with Gasteiger partial charge >= 0.3 is 6.03 Å². The Morgan fingerprint density at radius 2 is 1.85 bits per heavy atom. The molecule has 0 bridgehead atoms. The molecule has 0 fully saturated rings. The Balaban J connectivity index is 1.31. The maximum atomic E-state index is 11.7. The van der Waals surface area contributed by atoms with E-state index in [9.17, 15) is 9.90 Å². The number of carbonyl (C=O) groups is 1. The third-order valence-electron chi connectivity index (χ3n) is 3.88. The molecular formula is C19H22N2O5. The molecule has 0 radical (unpaired) electrons. The molecule has 2 aromatic rings. The molecule has 3 rings (SSSR count). The first-order valence-corrected chi connectivity index (χ1v) is 8.49. The summed E-state index contributed by atoms with van der Waals surface area (Å²) in [7, 11) is 0. The largest absolute Gasteiger partial charge is 0.492 e. The van der Waals surface area contributed by atoms with Crippen molar-refractivity contribution in [2.24, 2.45) is 0 Å². The summed E-state index contributed by atoms with van der Waals surface area (Å²) in [5.41, 5.74) is 0.729. The second kappa shape index (κ2) is 8.96. The summed E-state index contributed by atoms with van der Waals surface area (Å²) in [5.74, 6) is 2.07. The molecule has 0 saturated heterocycles. The summed E-state index contributed by atoms with van der Waals surface area (Å²) < 4.78 is 16.0. The number of hydrogen-bond acceptors (Lipinski definition) is 5. The summed E-state index contributed by atoms with van der Waals surface area (Å²) >= 11 is 0. The maximum Gasteiger partial charge on any atom is 0.314 e. The van der Waals surface area contributed by atoms with E-state index in [1.807, 2.05) is 30.3 Å². The number of amides is 2. The molecule has 7 nitrogen and oxygen atoms in total. The molecular weight excluding hydrogens is 336 g/mol. The summed E-state index contributed by atoms with van der Waals surface area (Å²) in [6.45, 7) is 1.33. The molecule has 0 saturated carbocycles. The van der Waals surface area contributed by atoms with Gasteiger partial charge in [0, 0.05) is 6.54 Å². The zero-order valence-electron chi connectivity index (χ0n) is 14.3. The Morgan fingerprint density at radius 3 is 2.69 bits per heavy atom. The lowest BCUT2D eigenvalue weighted by Crippen LogP contribution is -2.38. The lowest BCUT2D eigenvalue weighted by molar-refractivity contribution is 0.165. The zero-order chi connectivity index (χ0) is 18.2. The molecule has 2 aromatic carbocycles. The molecule has 3 N–H and O–H groups in total. The highest BCUT2D eigenvalue weighted by Crippen LogP contribution is 2.34. The first-order valence-electron chi connectivity index (χ1n) is 8.49. The second-order valence-electron chi connectivity index (χ2n) is 5.76. The van der Waals surface area contributed by atoms with Crippen molar-refractivity contribution in [1.82, 2.24) is 10.6 Å². The smallest absolute Gasteiger partial charge is 0.314 e. The van der Waals surface area contributed by atoms with Crippen molar-refractivity contribution in [3.8, 4) is 17.2 Å². The molecule has 1 aliphatic heterocycles. The van der Waals surface area contributed by atoms with Crippen molar-refractivity contribution in [3.63, 3.8) is 0 Å². The van der Waals surface area contributed by atoms with Crippen LogP contribution in [0, 0.1) is 0 Å². The molecule has 1 heterocycles. The van der Waals surface area contributed by atoms with Crippen LogP contribution in [-0.4, -0.2) is 37.6 Å². The average Bonchev–Trinajstić information content (AvgIpc) is 3.14. The van der Waals surface area contributed by atoms with Gasteiger partial charge in [-0.1, -0.05) is 24.3 Å².